The van der Waals surface area contributed by atoms with Gasteiger partial charge in [0.15, 0.2) is 0 Å². The van der Waals surface area contributed by atoms with Crippen LogP contribution in [-0.4, -0.2) is 46.6 Å². The minimum atomic E-state index is 0. The zero-order chi connectivity index (χ0) is 15.9. The van der Waals surface area contributed by atoms with Crippen molar-refractivity contribution in [2.75, 3.05) is 19.6 Å². The first-order valence-corrected chi connectivity index (χ1v) is 7.77. The average molecular weight is 339 g/mol. The molecule has 0 saturated carbocycles. The first kappa shape index (κ1) is 17.7. The van der Waals surface area contributed by atoms with Crippen LogP contribution < -0.4 is 5.32 Å². The first-order chi connectivity index (χ1) is 10.5. The third-order valence-electron chi connectivity index (χ3n) is 4.22. The number of aromatic nitrogens is 2. The molecule has 23 heavy (non-hydrogen) atoms. The van der Waals surface area contributed by atoms with Crippen LogP contribution in [0.3, 0.4) is 0 Å². The van der Waals surface area contributed by atoms with Crippen LogP contribution in [0.15, 0.2) is 10.6 Å². The van der Waals surface area contributed by atoms with Gasteiger partial charge in [0, 0.05) is 31.4 Å². The van der Waals surface area contributed by atoms with Crippen molar-refractivity contribution in [2.24, 2.45) is 0 Å². The molecule has 0 bridgehead atoms. The Morgan fingerprint density at radius 2 is 2.22 bits per heavy atom. The predicted molar refractivity (Wildman–Crippen MR) is 91.2 cm³/mol. The van der Waals surface area contributed by atoms with E-state index in [9.17, 15) is 4.79 Å². The number of nitrogens with one attached hydrogen (secondary N) is 1. The van der Waals surface area contributed by atoms with Crippen molar-refractivity contribution >= 4 is 29.4 Å². The Balaban J connectivity index is 0.00000192. The number of amides is 1. The van der Waals surface area contributed by atoms with Gasteiger partial charge in [-0.2, -0.15) is 0 Å². The Morgan fingerprint density at radius 3 is 2.87 bits per heavy atom. The summed E-state index contributed by atoms with van der Waals surface area (Å²) in [5, 5.41) is 8.03. The third kappa shape index (κ3) is 3.19. The number of rotatable bonds is 2. The Hall–Kier alpha value is -1.66. The molecule has 0 spiro atoms. The molecule has 1 atom stereocenters. The molecule has 2 aromatic rings. The molecule has 1 aliphatic rings. The van der Waals surface area contributed by atoms with E-state index < -0.39 is 0 Å². The number of carbonyl (C=O) groups excluding carboxylic acids is 1. The topological polar surface area (TPSA) is 71.3 Å². The maximum absolute atomic E-state index is 13.1. The molecular weight excluding hydrogens is 316 g/mol. The van der Waals surface area contributed by atoms with Gasteiger partial charge in [-0.05, 0) is 25.8 Å². The Labute approximate surface area is 142 Å². The maximum Gasteiger partial charge on any atom is 0.259 e. The van der Waals surface area contributed by atoms with Gasteiger partial charge in [-0.1, -0.05) is 19.0 Å². The van der Waals surface area contributed by atoms with Crippen LogP contribution in [0.1, 0.15) is 48.4 Å². The lowest BCUT2D eigenvalue weighted by Crippen LogP contribution is -2.52. The van der Waals surface area contributed by atoms with Crippen LogP contribution in [0.2, 0.25) is 0 Å². The number of pyridine rings is 1. The number of piperazine rings is 1. The van der Waals surface area contributed by atoms with Crippen molar-refractivity contribution < 1.29 is 9.32 Å². The maximum atomic E-state index is 13.1. The van der Waals surface area contributed by atoms with Crippen molar-refractivity contribution in [1.29, 1.82) is 0 Å². The van der Waals surface area contributed by atoms with Gasteiger partial charge < -0.3 is 14.7 Å². The van der Waals surface area contributed by atoms with Crippen LogP contribution in [0.4, 0.5) is 0 Å². The molecule has 0 unspecified atom stereocenters. The fourth-order valence-corrected chi connectivity index (χ4v) is 2.88. The van der Waals surface area contributed by atoms with Gasteiger partial charge in [-0.15, -0.1) is 12.4 Å². The number of nitrogens with zero attached hydrogens (tertiary/aromatic N) is 3. The number of hydrogen-bond acceptors (Lipinski definition) is 5. The summed E-state index contributed by atoms with van der Waals surface area (Å²) in [5.74, 6) is 0.261. The van der Waals surface area contributed by atoms with Crippen LogP contribution in [0.25, 0.3) is 11.1 Å². The monoisotopic (exact) mass is 338 g/mol. The van der Waals surface area contributed by atoms with Crippen LogP contribution in [0, 0.1) is 6.92 Å². The van der Waals surface area contributed by atoms with E-state index in [4.69, 9.17) is 4.52 Å². The second-order valence-corrected chi connectivity index (χ2v) is 6.25. The van der Waals surface area contributed by atoms with E-state index in [0.717, 1.165) is 24.2 Å². The quantitative estimate of drug-likeness (QED) is 0.911. The van der Waals surface area contributed by atoms with E-state index in [0.29, 0.717) is 23.5 Å². The van der Waals surface area contributed by atoms with Gasteiger partial charge in [0.2, 0.25) is 0 Å². The zero-order valence-corrected chi connectivity index (χ0v) is 14.7. The van der Waals surface area contributed by atoms with Crippen LogP contribution >= 0.6 is 12.4 Å². The lowest BCUT2D eigenvalue weighted by atomic mass is 10.0. The van der Waals surface area contributed by atoms with E-state index in [1.165, 1.54) is 0 Å². The fraction of sp³-hybridized carbons (Fsp3) is 0.562. The summed E-state index contributed by atoms with van der Waals surface area (Å²) in [7, 11) is 0. The summed E-state index contributed by atoms with van der Waals surface area (Å²) in [6, 6.07) is 2.07. The Bertz CT molecular complexity index is 713. The highest BCUT2D eigenvalue weighted by Crippen LogP contribution is 2.26. The average Bonchev–Trinajstić information content (AvgIpc) is 2.88. The summed E-state index contributed by atoms with van der Waals surface area (Å²) >= 11 is 0. The third-order valence-corrected chi connectivity index (χ3v) is 4.22. The van der Waals surface area contributed by atoms with Gasteiger partial charge in [0.25, 0.3) is 11.6 Å². The van der Waals surface area contributed by atoms with Crippen molar-refractivity contribution in [3.05, 3.63) is 23.0 Å². The van der Waals surface area contributed by atoms with Gasteiger partial charge >= 0.3 is 0 Å². The smallest absolute Gasteiger partial charge is 0.259 e. The summed E-state index contributed by atoms with van der Waals surface area (Å²) in [6.45, 7) is 10.4. The summed E-state index contributed by atoms with van der Waals surface area (Å²) in [4.78, 5) is 19.5. The normalized spacial score (nSPS) is 18.3. The summed E-state index contributed by atoms with van der Waals surface area (Å²) < 4.78 is 5.30. The molecule has 3 heterocycles. The van der Waals surface area contributed by atoms with Crippen molar-refractivity contribution in [3.63, 3.8) is 0 Å². The number of hydrogen-bond donors (Lipinski definition) is 1. The summed E-state index contributed by atoms with van der Waals surface area (Å²) in [6.07, 6.45) is 0. The lowest BCUT2D eigenvalue weighted by molar-refractivity contribution is 0.0657. The van der Waals surface area contributed by atoms with E-state index >= 15 is 0 Å². The second kappa shape index (κ2) is 6.84. The van der Waals surface area contributed by atoms with Gasteiger partial charge in [-0.25, -0.2) is 4.98 Å². The molecule has 1 N–H and O–H groups in total. The Morgan fingerprint density at radius 1 is 1.48 bits per heavy atom. The largest absolute Gasteiger partial charge is 0.336 e. The lowest BCUT2D eigenvalue weighted by Gasteiger charge is -2.34. The second-order valence-electron chi connectivity index (χ2n) is 6.25. The molecule has 0 radical (unpaired) electrons. The first-order valence-electron chi connectivity index (χ1n) is 7.77. The van der Waals surface area contributed by atoms with Crippen molar-refractivity contribution in [2.45, 2.75) is 39.7 Å². The highest BCUT2D eigenvalue weighted by molar-refractivity contribution is 6.06. The SMILES string of the molecule is Cc1noc2nc(C(C)C)cc(C(=O)N3CCNC[C@H]3C)c12.Cl. The molecule has 1 fully saturated rings. The molecule has 1 amide bonds. The molecule has 3 rings (SSSR count). The molecule has 6 nitrogen and oxygen atoms in total. The molecule has 1 aliphatic heterocycles. The number of carbonyl (C=O) groups is 1. The molecule has 7 heteroatoms. The van der Waals surface area contributed by atoms with Gasteiger partial charge in [-0.3, -0.25) is 4.79 Å². The highest BCUT2D eigenvalue weighted by Gasteiger charge is 2.28. The summed E-state index contributed by atoms with van der Waals surface area (Å²) in [5.41, 5.74) is 2.68. The van der Waals surface area contributed by atoms with Crippen molar-refractivity contribution in [1.82, 2.24) is 20.4 Å². The van der Waals surface area contributed by atoms with Crippen LogP contribution in [-0.2, 0) is 0 Å². The fourth-order valence-electron chi connectivity index (χ4n) is 2.88. The molecule has 126 valence electrons. The van der Waals surface area contributed by atoms with Gasteiger partial charge in [0.1, 0.15) is 0 Å². The molecule has 2 aromatic heterocycles. The minimum absolute atomic E-state index is 0. The molecular formula is C16H23ClN4O2. The van der Waals surface area contributed by atoms with E-state index in [1.807, 2.05) is 17.9 Å². The van der Waals surface area contributed by atoms with Crippen molar-refractivity contribution in [3.8, 4) is 0 Å². The van der Waals surface area contributed by atoms with Gasteiger partial charge in [0.05, 0.1) is 16.6 Å². The Kier molecular flexibility index (Phi) is 5.26. The minimum Gasteiger partial charge on any atom is -0.336 e. The van der Waals surface area contributed by atoms with Crippen LogP contribution in [0.5, 0.6) is 0 Å². The molecule has 1 saturated heterocycles. The van der Waals surface area contributed by atoms with E-state index in [-0.39, 0.29) is 30.3 Å². The molecule has 0 aliphatic carbocycles. The van der Waals surface area contributed by atoms with E-state index in [1.54, 1.807) is 0 Å². The molecule has 0 aromatic carbocycles. The highest BCUT2D eigenvalue weighted by atomic mass is 35.5. The number of fused-ring (bicyclic) bond motifs is 1. The predicted octanol–water partition coefficient (Wildman–Crippen LogP) is 2.51. The number of aryl methyl sites for hydroxylation is 1. The number of halogens is 1. The zero-order valence-electron chi connectivity index (χ0n) is 13.9. The standard InChI is InChI=1S/C16H22N4O2.ClH/c1-9(2)13-7-12(14-11(4)19-22-15(14)18-13)16(21)20-6-5-17-8-10(20)3;/h7,9-10,17H,5-6,8H2,1-4H3;1H/t10-;/m1./s1. The van der Waals surface area contributed by atoms with E-state index in [2.05, 4.69) is 36.2 Å².